The second-order valence-corrected chi connectivity index (χ2v) is 7.41. The Morgan fingerprint density at radius 3 is 2.65 bits per heavy atom. The molecule has 2 heterocycles. The first-order valence-corrected chi connectivity index (χ1v) is 9.44. The molecule has 6 nitrogen and oxygen atoms in total. The van der Waals surface area contributed by atoms with Crippen LogP contribution in [0.2, 0.25) is 0 Å². The molecule has 0 atom stereocenters. The molecule has 0 spiro atoms. The maximum atomic E-state index is 12.8. The van der Waals surface area contributed by atoms with Gasteiger partial charge in [0, 0.05) is 24.0 Å². The van der Waals surface area contributed by atoms with Crippen molar-refractivity contribution < 1.29 is 14.4 Å². The zero-order valence-electron chi connectivity index (χ0n) is 14.7. The number of carbonyl (C=O) groups excluding carboxylic acids is 3. The molecular weight excluding hydrogens is 350 g/mol. The van der Waals surface area contributed by atoms with Crippen LogP contribution in [0.15, 0.2) is 35.7 Å². The third-order valence-electron chi connectivity index (χ3n) is 4.06. The maximum absolute atomic E-state index is 12.8. The lowest BCUT2D eigenvalue weighted by Gasteiger charge is -2.29. The number of nitrogens with zero attached hydrogens (tertiary/aromatic N) is 1. The third-order valence-corrected chi connectivity index (χ3v) is 4.92. The van der Waals surface area contributed by atoms with Gasteiger partial charge in [-0.1, -0.05) is 12.1 Å². The molecule has 0 aliphatic carbocycles. The highest BCUT2D eigenvalue weighted by atomic mass is 32.1. The molecule has 2 aromatic rings. The Bertz CT molecular complexity index is 831. The fraction of sp³-hybridized carbons (Fsp3) is 0.316. The monoisotopic (exact) mass is 371 g/mol. The summed E-state index contributed by atoms with van der Waals surface area (Å²) < 4.78 is 0. The lowest BCUT2D eigenvalue weighted by atomic mass is 10.0. The number of hydrogen-bond donors (Lipinski definition) is 2. The lowest BCUT2D eigenvalue weighted by Crippen LogP contribution is -2.39. The maximum Gasteiger partial charge on any atom is 0.313 e. The third kappa shape index (κ3) is 3.94. The van der Waals surface area contributed by atoms with Crippen molar-refractivity contribution in [1.82, 2.24) is 5.32 Å². The summed E-state index contributed by atoms with van der Waals surface area (Å²) in [7, 11) is 0. The standard InChI is InChI=1S/C19H21N3O3S/c1-12(2)20-17(23)18(24)21-14-8-7-13-5-3-9-22(15(13)11-14)19(25)16-6-4-10-26-16/h4,6-8,10-12H,3,5,9H2,1-2H3,(H,20,23)(H,21,24). The Morgan fingerprint density at radius 1 is 1.15 bits per heavy atom. The topological polar surface area (TPSA) is 78.5 Å². The van der Waals surface area contributed by atoms with Gasteiger partial charge < -0.3 is 15.5 Å². The van der Waals surface area contributed by atoms with Gasteiger partial charge in [-0.15, -0.1) is 11.3 Å². The Labute approximate surface area is 156 Å². The van der Waals surface area contributed by atoms with Gasteiger partial charge in [-0.3, -0.25) is 14.4 Å². The van der Waals surface area contributed by atoms with Crippen molar-refractivity contribution in [2.45, 2.75) is 32.7 Å². The first-order chi connectivity index (χ1) is 12.5. The second-order valence-electron chi connectivity index (χ2n) is 6.46. The molecule has 2 N–H and O–H groups in total. The Hall–Kier alpha value is -2.67. The number of nitrogens with one attached hydrogen (secondary N) is 2. The Kier molecular flexibility index (Phi) is 5.37. The fourth-order valence-corrected chi connectivity index (χ4v) is 3.58. The molecule has 0 unspecified atom stereocenters. The van der Waals surface area contributed by atoms with Crippen molar-refractivity contribution in [1.29, 1.82) is 0 Å². The molecule has 136 valence electrons. The van der Waals surface area contributed by atoms with Crippen molar-refractivity contribution >= 4 is 40.4 Å². The fourth-order valence-electron chi connectivity index (χ4n) is 2.91. The Balaban J connectivity index is 1.82. The van der Waals surface area contributed by atoms with E-state index in [0.717, 1.165) is 24.1 Å². The van der Waals surface area contributed by atoms with Crippen molar-refractivity contribution in [3.63, 3.8) is 0 Å². The molecule has 0 saturated carbocycles. The molecule has 1 aromatic heterocycles. The predicted molar refractivity (Wildman–Crippen MR) is 103 cm³/mol. The van der Waals surface area contributed by atoms with Crippen LogP contribution in [0, 0.1) is 0 Å². The van der Waals surface area contributed by atoms with E-state index in [4.69, 9.17) is 0 Å². The summed E-state index contributed by atoms with van der Waals surface area (Å²) in [5.41, 5.74) is 2.35. The highest BCUT2D eigenvalue weighted by Gasteiger charge is 2.25. The molecule has 0 bridgehead atoms. The van der Waals surface area contributed by atoms with Crippen LogP contribution in [0.5, 0.6) is 0 Å². The van der Waals surface area contributed by atoms with Crippen LogP contribution in [-0.2, 0) is 16.0 Å². The van der Waals surface area contributed by atoms with E-state index in [2.05, 4.69) is 10.6 Å². The van der Waals surface area contributed by atoms with Gasteiger partial charge in [0.2, 0.25) is 0 Å². The van der Waals surface area contributed by atoms with Crippen molar-refractivity contribution in [2.75, 3.05) is 16.8 Å². The zero-order chi connectivity index (χ0) is 18.7. The smallest absolute Gasteiger partial charge is 0.313 e. The molecule has 0 fully saturated rings. The van der Waals surface area contributed by atoms with Gasteiger partial charge in [0.15, 0.2) is 0 Å². The minimum atomic E-state index is -0.717. The SMILES string of the molecule is CC(C)NC(=O)C(=O)Nc1ccc2c(c1)N(C(=O)c1cccs1)CCC2. The van der Waals surface area contributed by atoms with E-state index in [1.165, 1.54) is 11.3 Å². The van der Waals surface area contributed by atoms with Crippen LogP contribution in [0.3, 0.4) is 0 Å². The number of amides is 3. The van der Waals surface area contributed by atoms with E-state index >= 15 is 0 Å². The van der Waals surface area contributed by atoms with E-state index in [-0.39, 0.29) is 11.9 Å². The number of carbonyl (C=O) groups is 3. The number of hydrogen-bond acceptors (Lipinski definition) is 4. The average Bonchev–Trinajstić information content (AvgIpc) is 3.14. The highest BCUT2D eigenvalue weighted by Crippen LogP contribution is 2.31. The highest BCUT2D eigenvalue weighted by molar-refractivity contribution is 7.12. The van der Waals surface area contributed by atoms with Crippen molar-refractivity contribution in [3.05, 3.63) is 46.2 Å². The van der Waals surface area contributed by atoms with Gasteiger partial charge in [0.05, 0.1) is 4.88 Å². The molecule has 1 aliphatic heterocycles. The number of benzene rings is 1. The van der Waals surface area contributed by atoms with Gasteiger partial charge in [-0.05, 0) is 55.8 Å². The summed E-state index contributed by atoms with van der Waals surface area (Å²) in [4.78, 5) is 39.0. The van der Waals surface area contributed by atoms with Crippen LogP contribution in [-0.4, -0.2) is 30.3 Å². The molecule has 26 heavy (non-hydrogen) atoms. The van der Waals surface area contributed by atoms with Crippen LogP contribution < -0.4 is 15.5 Å². The van der Waals surface area contributed by atoms with Gasteiger partial charge >= 0.3 is 11.8 Å². The van der Waals surface area contributed by atoms with Crippen LogP contribution >= 0.6 is 11.3 Å². The Morgan fingerprint density at radius 2 is 1.96 bits per heavy atom. The first-order valence-electron chi connectivity index (χ1n) is 8.56. The first kappa shape index (κ1) is 18.1. The van der Waals surface area contributed by atoms with Gasteiger partial charge in [0.25, 0.3) is 5.91 Å². The van der Waals surface area contributed by atoms with E-state index in [1.54, 1.807) is 30.9 Å². The summed E-state index contributed by atoms with van der Waals surface area (Å²) in [6.45, 7) is 4.21. The summed E-state index contributed by atoms with van der Waals surface area (Å²) in [6, 6.07) is 8.98. The number of aryl methyl sites for hydroxylation is 1. The molecule has 1 aromatic carbocycles. The quantitative estimate of drug-likeness (QED) is 0.815. The number of rotatable bonds is 3. The number of fused-ring (bicyclic) bond motifs is 1. The summed E-state index contributed by atoms with van der Waals surface area (Å²) in [6.07, 6.45) is 1.78. The molecule has 0 radical (unpaired) electrons. The van der Waals surface area contributed by atoms with E-state index in [1.807, 2.05) is 23.6 Å². The zero-order valence-corrected chi connectivity index (χ0v) is 15.6. The molecule has 7 heteroatoms. The minimum absolute atomic E-state index is 0.0398. The van der Waals surface area contributed by atoms with Crippen molar-refractivity contribution in [3.8, 4) is 0 Å². The summed E-state index contributed by atoms with van der Waals surface area (Å²) >= 11 is 1.41. The summed E-state index contributed by atoms with van der Waals surface area (Å²) in [5.74, 6) is -1.43. The van der Waals surface area contributed by atoms with Gasteiger partial charge in [-0.25, -0.2) is 0 Å². The molecule has 1 aliphatic rings. The molecule has 3 rings (SSSR count). The van der Waals surface area contributed by atoms with Crippen LogP contribution in [0.4, 0.5) is 11.4 Å². The lowest BCUT2D eigenvalue weighted by molar-refractivity contribution is -0.136. The largest absolute Gasteiger partial charge is 0.346 e. The normalized spacial score (nSPS) is 13.3. The minimum Gasteiger partial charge on any atom is -0.346 e. The number of thiophene rings is 1. The van der Waals surface area contributed by atoms with E-state index in [9.17, 15) is 14.4 Å². The predicted octanol–water partition coefficient (Wildman–Crippen LogP) is 2.80. The van der Waals surface area contributed by atoms with E-state index in [0.29, 0.717) is 17.1 Å². The summed E-state index contributed by atoms with van der Waals surface area (Å²) in [5, 5.41) is 7.04. The van der Waals surface area contributed by atoms with E-state index < -0.39 is 11.8 Å². The van der Waals surface area contributed by atoms with Gasteiger partial charge in [-0.2, -0.15) is 0 Å². The van der Waals surface area contributed by atoms with Gasteiger partial charge in [0.1, 0.15) is 0 Å². The second kappa shape index (κ2) is 7.70. The van der Waals surface area contributed by atoms with Crippen LogP contribution in [0.1, 0.15) is 35.5 Å². The van der Waals surface area contributed by atoms with Crippen molar-refractivity contribution in [2.24, 2.45) is 0 Å². The molecule has 0 saturated heterocycles. The number of anilines is 2. The average molecular weight is 371 g/mol. The molecule has 3 amide bonds. The van der Waals surface area contributed by atoms with Crippen LogP contribution in [0.25, 0.3) is 0 Å². The molecular formula is C19H21N3O3S.